The number of hydrogen-bond donors (Lipinski definition) is 0. The van der Waals surface area contributed by atoms with Crippen LogP contribution in [0.25, 0.3) is 16.8 Å². The Balaban J connectivity index is 1.90. The first kappa shape index (κ1) is 12.1. The van der Waals surface area contributed by atoms with Crippen LogP contribution < -0.4 is 4.74 Å². The van der Waals surface area contributed by atoms with Crippen molar-refractivity contribution in [3.8, 4) is 22.7 Å². The first-order valence-corrected chi connectivity index (χ1v) is 6.98. The third-order valence-electron chi connectivity index (χ3n) is 3.63. The van der Waals surface area contributed by atoms with E-state index in [9.17, 15) is 0 Å². The van der Waals surface area contributed by atoms with Gasteiger partial charge in [0, 0.05) is 18.2 Å². The number of aryl methyl sites for hydroxylation is 1. The Labute approximate surface area is 122 Å². The van der Waals surface area contributed by atoms with Gasteiger partial charge in [-0.2, -0.15) is 0 Å². The molecule has 0 fully saturated rings. The van der Waals surface area contributed by atoms with Crippen molar-refractivity contribution in [2.45, 2.75) is 20.0 Å². The summed E-state index contributed by atoms with van der Waals surface area (Å²) in [5, 5.41) is 8.41. The Bertz CT molecular complexity index is 782. The first-order chi connectivity index (χ1) is 10.4. The molecule has 0 spiro atoms. The van der Waals surface area contributed by atoms with Crippen LogP contribution in [-0.4, -0.2) is 19.7 Å². The zero-order valence-electron chi connectivity index (χ0n) is 11.7. The van der Waals surface area contributed by atoms with Gasteiger partial charge in [-0.25, -0.2) is 4.98 Å². The molecule has 0 saturated carbocycles. The summed E-state index contributed by atoms with van der Waals surface area (Å²) in [6.45, 7) is 2.48. The molecule has 1 aromatic carbocycles. The molecule has 0 saturated heterocycles. The fraction of sp³-hybridized carbons (Fsp3) is 0.188. The maximum Gasteiger partial charge on any atom is 0.238 e. The number of fused-ring (bicyclic) bond motifs is 3. The van der Waals surface area contributed by atoms with E-state index in [0.29, 0.717) is 12.5 Å². The second-order valence-corrected chi connectivity index (χ2v) is 4.92. The van der Waals surface area contributed by atoms with Crippen molar-refractivity contribution >= 4 is 0 Å². The Morgan fingerprint density at radius 1 is 1.14 bits per heavy atom. The van der Waals surface area contributed by atoms with Crippen LogP contribution >= 0.6 is 0 Å². The lowest BCUT2D eigenvalue weighted by Gasteiger charge is -2.19. The van der Waals surface area contributed by atoms with E-state index in [1.165, 1.54) is 0 Å². The molecule has 2 aromatic heterocycles. The number of nitrogens with zero attached hydrogens (tertiary/aromatic N) is 4. The summed E-state index contributed by atoms with van der Waals surface area (Å²) < 4.78 is 7.72. The van der Waals surface area contributed by atoms with Crippen molar-refractivity contribution in [1.82, 2.24) is 19.7 Å². The summed E-state index contributed by atoms with van der Waals surface area (Å²) in [5.74, 6) is 2.39. The van der Waals surface area contributed by atoms with Crippen LogP contribution in [0, 0.1) is 0 Å². The normalized spacial score (nSPS) is 12.4. The molecule has 0 radical (unpaired) electrons. The summed E-state index contributed by atoms with van der Waals surface area (Å²) >= 11 is 0. The van der Waals surface area contributed by atoms with E-state index in [0.717, 1.165) is 34.9 Å². The molecule has 0 N–H and O–H groups in total. The minimum Gasteiger partial charge on any atom is -0.468 e. The Morgan fingerprint density at radius 2 is 2.00 bits per heavy atom. The number of hydrogen-bond acceptors (Lipinski definition) is 4. The van der Waals surface area contributed by atoms with Crippen molar-refractivity contribution in [3.63, 3.8) is 0 Å². The SMILES string of the molecule is CCc1nnc2n1-c1cc(-c3ccccc3)cnc1OC2. The molecule has 21 heavy (non-hydrogen) atoms. The van der Waals surface area contributed by atoms with Crippen LogP contribution in [0.3, 0.4) is 0 Å². The molecule has 0 amide bonds. The van der Waals surface area contributed by atoms with Crippen molar-refractivity contribution < 1.29 is 4.74 Å². The number of aromatic nitrogens is 4. The van der Waals surface area contributed by atoms with Gasteiger partial charge >= 0.3 is 0 Å². The largest absolute Gasteiger partial charge is 0.468 e. The lowest BCUT2D eigenvalue weighted by atomic mass is 10.1. The Hall–Kier alpha value is -2.69. The van der Waals surface area contributed by atoms with Crippen LogP contribution in [0.5, 0.6) is 5.88 Å². The van der Waals surface area contributed by atoms with Crippen molar-refractivity contribution in [2.24, 2.45) is 0 Å². The topological polar surface area (TPSA) is 52.8 Å². The van der Waals surface area contributed by atoms with E-state index < -0.39 is 0 Å². The highest BCUT2D eigenvalue weighted by Gasteiger charge is 2.23. The Kier molecular flexibility index (Phi) is 2.70. The second-order valence-electron chi connectivity index (χ2n) is 4.92. The molecular formula is C16H14N4O. The summed E-state index contributed by atoms with van der Waals surface area (Å²) in [5.41, 5.74) is 3.10. The zero-order chi connectivity index (χ0) is 14.2. The average molecular weight is 278 g/mol. The molecule has 3 heterocycles. The highest BCUT2D eigenvalue weighted by Crippen LogP contribution is 2.32. The summed E-state index contributed by atoms with van der Waals surface area (Å²) in [4.78, 5) is 4.45. The molecule has 0 aliphatic carbocycles. The monoisotopic (exact) mass is 278 g/mol. The Morgan fingerprint density at radius 3 is 2.81 bits per heavy atom. The maximum absolute atomic E-state index is 5.66. The lowest BCUT2D eigenvalue weighted by molar-refractivity contribution is 0.267. The first-order valence-electron chi connectivity index (χ1n) is 6.98. The third kappa shape index (κ3) is 1.89. The third-order valence-corrected chi connectivity index (χ3v) is 3.63. The smallest absolute Gasteiger partial charge is 0.238 e. The number of benzene rings is 1. The van der Waals surface area contributed by atoms with Crippen LogP contribution in [0.2, 0.25) is 0 Å². The van der Waals surface area contributed by atoms with Crippen LogP contribution in [0.4, 0.5) is 0 Å². The summed E-state index contributed by atoms with van der Waals surface area (Å²) in [7, 11) is 0. The molecule has 0 atom stereocenters. The molecule has 4 rings (SSSR count). The fourth-order valence-electron chi connectivity index (χ4n) is 2.59. The summed E-state index contributed by atoms with van der Waals surface area (Å²) in [6.07, 6.45) is 2.66. The zero-order valence-corrected chi connectivity index (χ0v) is 11.7. The van der Waals surface area contributed by atoms with Gasteiger partial charge in [0.15, 0.2) is 12.4 Å². The van der Waals surface area contributed by atoms with Gasteiger partial charge in [-0.1, -0.05) is 37.3 Å². The maximum atomic E-state index is 5.66. The van der Waals surface area contributed by atoms with Gasteiger partial charge in [-0.15, -0.1) is 10.2 Å². The molecular weight excluding hydrogens is 264 g/mol. The van der Waals surface area contributed by atoms with Gasteiger partial charge in [0.05, 0.1) is 0 Å². The van der Waals surface area contributed by atoms with E-state index in [4.69, 9.17) is 4.74 Å². The van der Waals surface area contributed by atoms with Crippen LogP contribution in [0.1, 0.15) is 18.6 Å². The van der Waals surface area contributed by atoms with Crippen molar-refractivity contribution in [2.75, 3.05) is 0 Å². The summed E-state index contributed by atoms with van der Waals surface area (Å²) in [6, 6.07) is 12.3. The van der Waals surface area contributed by atoms with Gasteiger partial charge in [0.1, 0.15) is 11.5 Å². The van der Waals surface area contributed by atoms with Crippen LogP contribution in [0.15, 0.2) is 42.6 Å². The van der Waals surface area contributed by atoms with E-state index >= 15 is 0 Å². The number of rotatable bonds is 2. The quantitative estimate of drug-likeness (QED) is 0.723. The van der Waals surface area contributed by atoms with E-state index in [-0.39, 0.29) is 0 Å². The van der Waals surface area contributed by atoms with Gasteiger partial charge in [0.25, 0.3) is 0 Å². The highest BCUT2D eigenvalue weighted by atomic mass is 16.5. The van der Waals surface area contributed by atoms with Gasteiger partial charge in [-0.3, -0.25) is 4.57 Å². The van der Waals surface area contributed by atoms with Crippen molar-refractivity contribution in [1.29, 1.82) is 0 Å². The van der Waals surface area contributed by atoms with Gasteiger partial charge in [-0.05, 0) is 11.6 Å². The molecule has 1 aliphatic heterocycles. The van der Waals surface area contributed by atoms with Crippen molar-refractivity contribution in [3.05, 3.63) is 54.2 Å². The predicted molar refractivity (Wildman–Crippen MR) is 78.3 cm³/mol. The minimum atomic E-state index is 0.414. The fourth-order valence-corrected chi connectivity index (χ4v) is 2.59. The second kappa shape index (κ2) is 4.70. The molecule has 5 heteroatoms. The van der Waals surface area contributed by atoms with E-state index in [1.54, 1.807) is 0 Å². The van der Waals surface area contributed by atoms with E-state index in [2.05, 4.69) is 44.9 Å². The van der Waals surface area contributed by atoms with Gasteiger partial charge < -0.3 is 4.74 Å². The highest BCUT2D eigenvalue weighted by molar-refractivity contribution is 5.66. The lowest BCUT2D eigenvalue weighted by Crippen LogP contribution is -2.16. The molecule has 1 aliphatic rings. The number of ether oxygens (including phenoxy) is 1. The molecule has 0 bridgehead atoms. The molecule has 0 unspecified atom stereocenters. The number of pyridine rings is 1. The van der Waals surface area contributed by atoms with E-state index in [1.807, 2.05) is 24.4 Å². The minimum absolute atomic E-state index is 0.414. The van der Waals surface area contributed by atoms with Gasteiger partial charge in [0.2, 0.25) is 5.88 Å². The standard InChI is InChI=1S/C16H14N4O/c1-2-14-18-19-15-10-21-16-13(20(14)15)8-12(9-17-16)11-6-4-3-5-7-11/h3-9H,2,10H2,1H3. The molecule has 104 valence electrons. The average Bonchev–Trinajstić information content (AvgIpc) is 2.99. The molecule has 5 nitrogen and oxygen atoms in total. The molecule has 3 aromatic rings. The predicted octanol–water partition coefficient (Wildman–Crippen LogP) is 2.78. The van der Waals surface area contributed by atoms with Crippen LogP contribution in [-0.2, 0) is 13.0 Å².